The maximum atomic E-state index is 13.5. The molecule has 32 heavy (non-hydrogen) atoms. The number of benzene rings is 3. The third kappa shape index (κ3) is 4.46. The van der Waals surface area contributed by atoms with Crippen molar-refractivity contribution in [3.8, 4) is 5.69 Å². The van der Waals surface area contributed by atoms with Gasteiger partial charge in [0, 0.05) is 11.9 Å². The average molecular weight is 444 g/mol. The number of amides is 1. The molecule has 0 spiro atoms. The lowest BCUT2D eigenvalue weighted by atomic mass is 10.1. The van der Waals surface area contributed by atoms with E-state index >= 15 is 0 Å². The van der Waals surface area contributed by atoms with E-state index in [9.17, 15) is 9.59 Å². The Morgan fingerprint density at radius 1 is 0.969 bits per heavy atom. The highest BCUT2D eigenvalue weighted by Crippen LogP contribution is 2.26. The number of hydrogen-bond acceptors (Lipinski definition) is 4. The fraction of sp³-hybridized carbons (Fsp3) is 0.192. The van der Waals surface area contributed by atoms with Crippen LogP contribution in [-0.4, -0.2) is 33.2 Å². The first-order valence-corrected chi connectivity index (χ1v) is 11.6. The van der Waals surface area contributed by atoms with E-state index < -0.39 is 0 Å². The molecule has 1 atom stereocenters. The molecule has 0 radical (unpaired) electrons. The Balaban J connectivity index is 1.74. The third-order valence-corrected chi connectivity index (χ3v) is 6.46. The zero-order valence-corrected chi connectivity index (χ0v) is 19.0. The second-order valence-electron chi connectivity index (χ2n) is 7.49. The topological polar surface area (TPSA) is 55.2 Å². The van der Waals surface area contributed by atoms with Crippen molar-refractivity contribution < 1.29 is 4.79 Å². The molecule has 5 nitrogen and oxygen atoms in total. The molecule has 1 heterocycles. The molecule has 1 unspecified atom stereocenters. The van der Waals surface area contributed by atoms with E-state index in [1.165, 1.54) is 11.8 Å². The van der Waals surface area contributed by atoms with Gasteiger partial charge in [-0.25, -0.2) is 4.98 Å². The van der Waals surface area contributed by atoms with Crippen molar-refractivity contribution in [3.63, 3.8) is 0 Å². The monoisotopic (exact) mass is 443 g/mol. The van der Waals surface area contributed by atoms with Crippen molar-refractivity contribution >= 4 is 28.6 Å². The number of thioether (sulfide) groups is 1. The molecule has 1 amide bonds. The molecule has 0 aliphatic carbocycles. The SMILES string of the molecule is CCC(c1nc2ccccc2c(=O)n1-c1ccccc1)N(C)C(=O)CSc1ccccc1. The van der Waals surface area contributed by atoms with Gasteiger partial charge in [0.25, 0.3) is 5.56 Å². The first-order chi connectivity index (χ1) is 15.6. The van der Waals surface area contributed by atoms with Crippen LogP contribution in [0.15, 0.2) is 94.6 Å². The molecule has 0 bridgehead atoms. The summed E-state index contributed by atoms with van der Waals surface area (Å²) in [5.41, 5.74) is 1.25. The summed E-state index contributed by atoms with van der Waals surface area (Å²) in [6.45, 7) is 2.01. The van der Waals surface area contributed by atoms with Gasteiger partial charge in [0.05, 0.1) is 28.4 Å². The van der Waals surface area contributed by atoms with Crippen molar-refractivity contribution in [2.45, 2.75) is 24.3 Å². The quantitative estimate of drug-likeness (QED) is 0.374. The lowest BCUT2D eigenvalue weighted by Crippen LogP contribution is -2.36. The van der Waals surface area contributed by atoms with Crippen LogP contribution in [0.5, 0.6) is 0 Å². The molecular weight excluding hydrogens is 418 g/mol. The number of nitrogens with zero attached hydrogens (tertiary/aromatic N) is 3. The fourth-order valence-corrected chi connectivity index (χ4v) is 4.61. The predicted molar refractivity (Wildman–Crippen MR) is 130 cm³/mol. The number of carbonyl (C=O) groups is 1. The fourth-order valence-electron chi connectivity index (χ4n) is 3.77. The van der Waals surface area contributed by atoms with E-state index in [0.717, 1.165) is 10.6 Å². The zero-order valence-electron chi connectivity index (χ0n) is 18.1. The molecule has 1 aromatic heterocycles. The highest BCUT2D eigenvalue weighted by Gasteiger charge is 2.26. The molecule has 0 fully saturated rings. The molecule has 3 aromatic carbocycles. The molecule has 0 saturated carbocycles. The molecule has 4 rings (SSSR count). The van der Waals surface area contributed by atoms with Gasteiger partial charge in [0.1, 0.15) is 5.82 Å². The zero-order chi connectivity index (χ0) is 22.5. The normalized spacial score (nSPS) is 11.9. The summed E-state index contributed by atoms with van der Waals surface area (Å²) >= 11 is 1.51. The summed E-state index contributed by atoms with van der Waals surface area (Å²) in [6.07, 6.45) is 0.635. The summed E-state index contributed by atoms with van der Waals surface area (Å²) in [6, 6.07) is 26.4. The summed E-state index contributed by atoms with van der Waals surface area (Å²) in [5, 5.41) is 0.559. The number of para-hydroxylation sites is 2. The van der Waals surface area contributed by atoms with Crippen LogP contribution < -0.4 is 5.56 Å². The number of hydrogen-bond donors (Lipinski definition) is 0. The summed E-state index contributed by atoms with van der Waals surface area (Å²) < 4.78 is 1.64. The van der Waals surface area contributed by atoms with Gasteiger partial charge in [0.15, 0.2) is 0 Å². The number of rotatable bonds is 7. The van der Waals surface area contributed by atoms with E-state index in [1.807, 2.05) is 85.8 Å². The van der Waals surface area contributed by atoms with Crippen LogP contribution in [0.3, 0.4) is 0 Å². The van der Waals surface area contributed by atoms with Gasteiger partial charge in [-0.15, -0.1) is 11.8 Å². The lowest BCUT2D eigenvalue weighted by molar-refractivity contribution is -0.129. The smallest absolute Gasteiger partial charge is 0.266 e. The molecule has 0 saturated heterocycles. The van der Waals surface area contributed by atoms with Gasteiger partial charge in [0.2, 0.25) is 5.91 Å². The Hall–Kier alpha value is -3.38. The molecule has 0 aliphatic rings. The number of carbonyl (C=O) groups excluding carboxylic acids is 1. The van der Waals surface area contributed by atoms with Gasteiger partial charge in [-0.3, -0.25) is 14.2 Å². The Morgan fingerprint density at radius 2 is 1.59 bits per heavy atom. The minimum atomic E-state index is -0.337. The van der Waals surface area contributed by atoms with E-state index in [2.05, 4.69) is 0 Å². The van der Waals surface area contributed by atoms with E-state index in [4.69, 9.17) is 4.98 Å². The largest absolute Gasteiger partial charge is 0.335 e. The average Bonchev–Trinajstić information content (AvgIpc) is 2.84. The molecule has 0 N–H and O–H groups in total. The molecular formula is C26H25N3O2S. The number of aromatic nitrogens is 2. The Labute approximate surface area is 191 Å². The summed E-state index contributed by atoms with van der Waals surface area (Å²) in [5.74, 6) is 0.885. The first-order valence-electron chi connectivity index (χ1n) is 10.6. The molecule has 6 heteroatoms. The van der Waals surface area contributed by atoms with Gasteiger partial charge >= 0.3 is 0 Å². The van der Waals surface area contributed by atoms with Crippen LogP contribution in [0.4, 0.5) is 0 Å². The third-order valence-electron chi connectivity index (χ3n) is 5.47. The van der Waals surface area contributed by atoms with Crippen molar-refractivity contribution in [1.29, 1.82) is 0 Å². The van der Waals surface area contributed by atoms with Gasteiger partial charge in [-0.05, 0) is 42.8 Å². The Kier molecular flexibility index (Phi) is 6.71. The molecule has 0 aliphatic heterocycles. The van der Waals surface area contributed by atoms with E-state index in [1.54, 1.807) is 22.6 Å². The van der Waals surface area contributed by atoms with Crippen LogP contribution in [0.2, 0.25) is 0 Å². The first kappa shape index (κ1) is 21.8. The lowest BCUT2D eigenvalue weighted by Gasteiger charge is -2.29. The minimum absolute atomic E-state index is 0.00674. The number of fused-ring (bicyclic) bond motifs is 1. The van der Waals surface area contributed by atoms with Crippen LogP contribution in [0, 0.1) is 0 Å². The van der Waals surface area contributed by atoms with E-state index in [-0.39, 0.29) is 17.5 Å². The van der Waals surface area contributed by atoms with Crippen molar-refractivity contribution in [2.24, 2.45) is 0 Å². The standard InChI is InChI=1S/C26H25N3O2S/c1-3-23(28(2)24(30)18-32-20-14-8-5-9-15-20)25-27-22-17-11-10-16-21(22)26(31)29(25)19-12-6-4-7-13-19/h4-17,23H,3,18H2,1-2H3. The maximum Gasteiger partial charge on any atom is 0.266 e. The van der Waals surface area contributed by atoms with Crippen molar-refractivity contribution in [1.82, 2.24) is 14.5 Å². The van der Waals surface area contributed by atoms with Crippen molar-refractivity contribution in [2.75, 3.05) is 12.8 Å². The van der Waals surface area contributed by atoms with Crippen LogP contribution in [-0.2, 0) is 4.79 Å². The van der Waals surface area contributed by atoms with Crippen LogP contribution >= 0.6 is 11.8 Å². The van der Waals surface area contributed by atoms with Crippen LogP contribution in [0.1, 0.15) is 25.2 Å². The van der Waals surface area contributed by atoms with Crippen LogP contribution in [0.25, 0.3) is 16.6 Å². The minimum Gasteiger partial charge on any atom is -0.335 e. The van der Waals surface area contributed by atoms with Gasteiger partial charge < -0.3 is 4.90 Å². The summed E-state index contributed by atoms with van der Waals surface area (Å²) in [4.78, 5) is 34.2. The maximum absolute atomic E-state index is 13.5. The highest BCUT2D eigenvalue weighted by atomic mass is 32.2. The Bertz CT molecular complexity index is 1270. The van der Waals surface area contributed by atoms with Crippen molar-refractivity contribution in [3.05, 3.63) is 101 Å². The second kappa shape index (κ2) is 9.83. The van der Waals surface area contributed by atoms with Gasteiger partial charge in [-0.2, -0.15) is 0 Å². The highest BCUT2D eigenvalue weighted by molar-refractivity contribution is 8.00. The second-order valence-corrected chi connectivity index (χ2v) is 8.54. The Morgan fingerprint density at radius 3 is 2.28 bits per heavy atom. The molecule has 4 aromatic rings. The molecule has 162 valence electrons. The summed E-state index contributed by atoms with van der Waals surface area (Å²) in [7, 11) is 1.79. The van der Waals surface area contributed by atoms with E-state index in [0.29, 0.717) is 28.9 Å². The van der Waals surface area contributed by atoms with Gasteiger partial charge in [-0.1, -0.05) is 55.5 Å². The predicted octanol–water partition coefficient (Wildman–Crippen LogP) is 5.09.